The van der Waals surface area contributed by atoms with Crippen molar-refractivity contribution in [2.75, 3.05) is 13.2 Å². The van der Waals surface area contributed by atoms with Crippen LogP contribution in [-0.4, -0.2) is 35.2 Å². The molecule has 0 spiro atoms. The number of carbonyl (C=O) groups is 1. The third-order valence-electron chi connectivity index (χ3n) is 4.92. The van der Waals surface area contributed by atoms with Crippen LogP contribution in [0.15, 0.2) is 42.5 Å². The molecule has 3 rings (SSSR count). The van der Waals surface area contributed by atoms with E-state index >= 15 is 0 Å². The molecule has 1 N–H and O–H groups in total. The van der Waals surface area contributed by atoms with Gasteiger partial charge in [-0.05, 0) is 37.1 Å². The van der Waals surface area contributed by atoms with Crippen LogP contribution >= 0.6 is 0 Å². The number of phenolic OH excluding ortho intramolecular Hbond substituents is 1. The van der Waals surface area contributed by atoms with E-state index in [0.717, 1.165) is 11.3 Å². The summed E-state index contributed by atoms with van der Waals surface area (Å²) in [7, 11) is 0. The molecule has 1 amide bonds. The molecule has 10 heteroatoms. The third-order valence-corrected chi connectivity index (χ3v) is 4.92. The number of phenols is 1. The summed E-state index contributed by atoms with van der Waals surface area (Å²) in [4.78, 5) is 14.2. The Labute approximate surface area is 174 Å². The molecule has 2 aromatic carbocycles. The number of nitrogens with zero attached hydrogens (tertiary/aromatic N) is 1. The molecular formula is C21H19F6NO3. The smallest absolute Gasteiger partial charge is 0.416 e. The molecule has 0 aliphatic carbocycles. The Hall–Kier alpha value is -2.75. The topological polar surface area (TPSA) is 49.8 Å². The van der Waals surface area contributed by atoms with Gasteiger partial charge in [-0.2, -0.15) is 26.3 Å². The highest BCUT2D eigenvalue weighted by molar-refractivity contribution is 5.94. The van der Waals surface area contributed by atoms with Crippen molar-refractivity contribution in [3.8, 4) is 5.75 Å². The fraction of sp³-hybridized carbons (Fsp3) is 0.381. The predicted molar refractivity (Wildman–Crippen MR) is 98.3 cm³/mol. The van der Waals surface area contributed by atoms with Crippen LogP contribution in [0.4, 0.5) is 26.3 Å². The minimum absolute atomic E-state index is 0.0236. The number of para-hydroxylation sites is 1. The summed E-state index contributed by atoms with van der Waals surface area (Å²) in [6.07, 6.45) is -9.20. The number of hydrogen-bond donors (Lipinski definition) is 1. The second-order valence-electron chi connectivity index (χ2n) is 7.24. The Balaban J connectivity index is 2.00. The highest BCUT2D eigenvalue weighted by Gasteiger charge is 2.38. The van der Waals surface area contributed by atoms with Crippen LogP contribution in [0.2, 0.25) is 0 Å². The molecule has 1 unspecified atom stereocenters. The minimum atomic E-state index is -5.06. The van der Waals surface area contributed by atoms with Gasteiger partial charge in [-0.15, -0.1) is 0 Å². The summed E-state index contributed by atoms with van der Waals surface area (Å²) < 4.78 is 84.6. The fourth-order valence-corrected chi connectivity index (χ4v) is 3.36. The highest BCUT2D eigenvalue weighted by atomic mass is 19.4. The van der Waals surface area contributed by atoms with Crippen molar-refractivity contribution in [1.29, 1.82) is 0 Å². The zero-order valence-corrected chi connectivity index (χ0v) is 16.1. The van der Waals surface area contributed by atoms with E-state index in [-0.39, 0.29) is 24.9 Å². The van der Waals surface area contributed by atoms with Crippen LogP contribution in [0.25, 0.3) is 0 Å². The van der Waals surface area contributed by atoms with Crippen molar-refractivity contribution in [1.82, 2.24) is 4.90 Å². The fourth-order valence-electron chi connectivity index (χ4n) is 3.36. The number of benzene rings is 2. The Kier molecular flexibility index (Phi) is 6.49. The summed E-state index contributed by atoms with van der Waals surface area (Å²) >= 11 is 0. The zero-order chi connectivity index (χ0) is 22.8. The molecule has 31 heavy (non-hydrogen) atoms. The van der Waals surface area contributed by atoms with E-state index in [2.05, 4.69) is 0 Å². The summed E-state index contributed by atoms with van der Waals surface area (Å²) in [5, 5.41) is 10.0. The minimum Gasteiger partial charge on any atom is -0.508 e. The number of halogens is 6. The van der Waals surface area contributed by atoms with E-state index in [9.17, 15) is 36.2 Å². The Bertz CT molecular complexity index is 903. The van der Waals surface area contributed by atoms with E-state index < -0.39 is 41.1 Å². The number of carbonyl (C=O) groups excluding carboxylic acids is 1. The maximum absolute atomic E-state index is 13.2. The maximum Gasteiger partial charge on any atom is 0.416 e. The first-order chi connectivity index (χ1) is 14.4. The van der Waals surface area contributed by atoms with Gasteiger partial charge in [0.2, 0.25) is 0 Å². The van der Waals surface area contributed by atoms with E-state index in [4.69, 9.17) is 4.74 Å². The lowest BCUT2D eigenvalue weighted by atomic mass is 10.0. The molecule has 1 fully saturated rings. The molecule has 1 saturated heterocycles. The third kappa shape index (κ3) is 5.69. The first-order valence-corrected chi connectivity index (χ1v) is 9.42. The molecule has 1 aliphatic heterocycles. The second-order valence-corrected chi connectivity index (χ2v) is 7.24. The van der Waals surface area contributed by atoms with Gasteiger partial charge < -0.3 is 14.7 Å². The molecule has 1 heterocycles. The molecule has 0 saturated carbocycles. The lowest BCUT2D eigenvalue weighted by molar-refractivity contribution is -0.143. The van der Waals surface area contributed by atoms with Gasteiger partial charge in [0.1, 0.15) is 5.75 Å². The Morgan fingerprint density at radius 1 is 1.03 bits per heavy atom. The van der Waals surface area contributed by atoms with Gasteiger partial charge in [0, 0.05) is 30.8 Å². The molecular weight excluding hydrogens is 428 g/mol. The van der Waals surface area contributed by atoms with Gasteiger partial charge in [0.05, 0.1) is 17.2 Å². The molecule has 0 bridgehead atoms. The average Bonchev–Trinajstić information content (AvgIpc) is 3.20. The lowest BCUT2D eigenvalue weighted by Crippen LogP contribution is -2.37. The van der Waals surface area contributed by atoms with Crippen molar-refractivity contribution >= 4 is 5.91 Å². The van der Waals surface area contributed by atoms with Crippen LogP contribution in [0.5, 0.6) is 5.75 Å². The van der Waals surface area contributed by atoms with E-state index in [1.54, 1.807) is 12.1 Å². The molecule has 0 aromatic heterocycles. The summed E-state index contributed by atoms with van der Waals surface area (Å²) in [5.41, 5.74) is -3.57. The first-order valence-electron chi connectivity index (χ1n) is 9.42. The maximum atomic E-state index is 13.2. The van der Waals surface area contributed by atoms with Crippen molar-refractivity contribution in [3.63, 3.8) is 0 Å². The van der Waals surface area contributed by atoms with Gasteiger partial charge >= 0.3 is 12.4 Å². The number of amides is 1. The van der Waals surface area contributed by atoms with Gasteiger partial charge in [0.25, 0.3) is 5.91 Å². The van der Waals surface area contributed by atoms with Gasteiger partial charge in [-0.25, -0.2) is 0 Å². The largest absolute Gasteiger partial charge is 0.508 e. The molecule has 4 nitrogen and oxygen atoms in total. The molecule has 0 radical (unpaired) electrons. The Morgan fingerprint density at radius 2 is 1.65 bits per heavy atom. The van der Waals surface area contributed by atoms with Crippen molar-refractivity contribution in [3.05, 3.63) is 64.7 Å². The second kappa shape index (κ2) is 8.78. The van der Waals surface area contributed by atoms with Gasteiger partial charge in [-0.1, -0.05) is 18.2 Å². The monoisotopic (exact) mass is 447 g/mol. The van der Waals surface area contributed by atoms with Crippen LogP contribution in [0.3, 0.4) is 0 Å². The van der Waals surface area contributed by atoms with Crippen molar-refractivity contribution < 1.29 is 41.0 Å². The van der Waals surface area contributed by atoms with Crippen LogP contribution in [0.1, 0.15) is 39.9 Å². The standard InChI is InChI=1S/C21H19F6NO3/c22-20(23,24)15-8-14(9-16(10-15)21(25,26)27)19(30)28(12-17-5-3-7-31-17)11-13-4-1-2-6-18(13)29/h1-2,4,6,8-10,17,29H,3,5,7,11-12H2. The van der Waals surface area contributed by atoms with Crippen LogP contribution < -0.4 is 0 Å². The highest BCUT2D eigenvalue weighted by Crippen LogP contribution is 2.36. The SMILES string of the molecule is O=C(c1cc(C(F)(F)F)cc(C(F)(F)F)c1)N(Cc1ccccc1O)CC1CCCO1. The lowest BCUT2D eigenvalue weighted by Gasteiger charge is -2.26. The summed E-state index contributed by atoms with van der Waals surface area (Å²) in [6.45, 7) is 0.207. The van der Waals surface area contributed by atoms with Gasteiger partial charge in [0.15, 0.2) is 0 Å². The number of aromatic hydroxyl groups is 1. The zero-order valence-electron chi connectivity index (χ0n) is 16.1. The quantitative estimate of drug-likeness (QED) is 0.637. The van der Waals surface area contributed by atoms with Crippen LogP contribution in [0, 0.1) is 0 Å². The number of ether oxygens (including phenoxy) is 1. The summed E-state index contributed by atoms with van der Waals surface area (Å²) in [5.74, 6) is -1.16. The molecule has 1 atom stereocenters. The number of hydrogen-bond acceptors (Lipinski definition) is 3. The van der Waals surface area contributed by atoms with Crippen molar-refractivity contribution in [2.24, 2.45) is 0 Å². The molecule has 168 valence electrons. The normalized spacial score (nSPS) is 17.0. The van der Waals surface area contributed by atoms with Gasteiger partial charge in [-0.3, -0.25) is 4.79 Å². The van der Waals surface area contributed by atoms with E-state index in [1.807, 2.05) is 0 Å². The summed E-state index contributed by atoms with van der Waals surface area (Å²) in [6, 6.07) is 6.82. The number of rotatable bonds is 5. The first kappa shape index (κ1) is 22.9. The molecule has 1 aliphatic rings. The van der Waals surface area contributed by atoms with E-state index in [0.29, 0.717) is 30.7 Å². The number of alkyl halides is 6. The van der Waals surface area contributed by atoms with Crippen LogP contribution in [-0.2, 0) is 23.6 Å². The van der Waals surface area contributed by atoms with Crippen molar-refractivity contribution in [2.45, 2.75) is 37.8 Å². The Morgan fingerprint density at radius 3 is 2.16 bits per heavy atom. The predicted octanol–water partition coefficient (Wildman–Crippen LogP) is 5.25. The molecule has 2 aromatic rings. The average molecular weight is 447 g/mol. The van der Waals surface area contributed by atoms with E-state index in [1.165, 1.54) is 12.1 Å².